The van der Waals surface area contributed by atoms with Crippen molar-refractivity contribution in [1.82, 2.24) is 0 Å². The first kappa shape index (κ1) is 25.2. The summed E-state index contributed by atoms with van der Waals surface area (Å²) in [6.07, 6.45) is 0. The third kappa shape index (κ3) is 8.19. The first-order valence-electron chi connectivity index (χ1n) is 8.80. The fraction of sp³-hybridized carbons (Fsp3) is 1.00. The second kappa shape index (κ2) is 13.4. The van der Waals surface area contributed by atoms with Crippen molar-refractivity contribution >= 4 is 14.7 Å². The van der Waals surface area contributed by atoms with Crippen molar-refractivity contribution in [3.8, 4) is 0 Å². The molecule has 0 saturated heterocycles. The highest BCUT2D eigenvalue weighted by Crippen LogP contribution is 2.67. The average molecular weight is 404 g/mol. The highest BCUT2D eigenvalue weighted by molar-refractivity contribution is 7.76. The first-order valence-corrected chi connectivity index (χ1v) is 12.6. The van der Waals surface area contributed by atoms with Gasteiger partial charge in [-0.05, 0) is 41.5 Å². The molecule has 0 rings (SSSR count). The molecule has 0 aliphatic heterocycles. The molecular formula is C15H34O8P2. The number of rotatable bonds is 16. The summed E-state index contributed by atoms with van der Waals surface area (Å²) in [6.45, 7) is 11.9. The van der Waals surface area contributed by atoms with Gasteiger partial charge in [-0.2, -0.15) is 0 Å². The second-order valence-corrected chi connectivity index (χ2v) is 10.3. The second-order valence-electron chi connectivity index (χ2n) is 4.86. The minimum atomic E-state index is -3.61. The van der Waals surface area contributed by atoms with Gasteiger partial charge in [-0.3, -0.25) is 9.13 Å². The fourth-order valence-electron chi connectivity index (χ4n) is 2.17. The SMILES string of the molecule is CCOC(OCC)[P@](=O)(C[P@](=O)(OCC)C(OCC)OCC)OCC. The molecule has 0 aromatic rings. The molecule has 0 fully saturated rings. The number of hydrogen-bond acceptors (Lipinski definition) is 8. The predicted octanol–water partition coefficient (Wildman–Crippen LogP) is 4.29. The van der Waals surface area contributed by atoms with E-state index in [1.54, 1.807) is 41.5 Å². The van der Waals surface area contributed by atoms with Crippen LogP contribution in [0.5, 0.6) is 0 Å². The Morgan fingerprint density at radius 2 is 0.840 bits per heavy atom. The van der Waals surface area contributed by atoms with Crippen molar-refractivity contribution in [2.24, 2.45) is 0 Å². The summed E-state index contributed by atoms with van der Waals surface area (Å²) in [5.41, 5.74) is 0. The molecule has 8 nitrogen and oxygen atoms in total. The third-order valence-electron chi connectivity index (χ3n) is 2.97. The normalized spacial score (nSPS) is 17.0. The molecule has 0 heterocycles. The van der Waals surface area contributed by atoms with E-state index < -0.39 is 26.8 Å². The lowest BCUT2D eigenvalue weighted by molar-refractivity contribution is -0.0914. The highest BCUT2D eigenvalue weighted by Gasteiger charge is 2.48. The van der Waals surface area contributed by atoms with Crippen LogP contribution < -0.4 is 0 Å². The molecule has 0 aromatic heterocycles. The summed E-state index contributed by atoms with van der Waals surface area (Å²) in [4.78, 5) is 0. The zero-order valence-corrected chi connectivity index (χ0v) is 18.1. The van der Waals surface area contributed by atoms with Crippen molar-refractivity contribution in [3.63, 3.8) is 0 Å². The molecular weight excluding hydrogens is 370 g/mol. The van der Waals surface area contributed by atoms with Crippen molar-refractivity contribution in [3.05, 3.63) is 0 Å². The van der Waals surface area contributed by atoms with Crippen LogP contribution in [0.3, 0.4) is 0 Å². The van der Waals surface area contributed by atoms with Gasteiger partial charge in [0.2, 0.25) is 12.1 Å². The van der Waals surface area contributed by atoms with Crippen LogP contribution in [-0.2, 0) is 37.1 Å². The standard InChI is InChI=1S/C15H34O8P2/c1-7-18-14(19-8-2)24(16,22-11-5)13-25(17,23-12-6)15(20-9-3)21-10-4/h14-15H,7-13H2,1-6H3/t24-,25-/m0/s1. The minimum absolute atomic E-state index is 0.161. The Morgan fingerprint density at radius 3 is 1.04 bits per heavy atom. The lowest BCUT2D eigenvalue weighted by atomic mass is 10.9. The summed E-state index contributed by atoms with van der Waals surface area (Å²) in [6, 6.07) is -2.22. The van der Waals surface area contributed by atoms with Gasteiger partial charge in [-0.15, -0.1) is 0 Å². The van der Waals surface area contributed by atoms with Gasteiger partial charge in [0.15, 0.2) is 0 Å². The summed E-state index contributed by atoms with van der Waals surface area (Å²) in [5, 5.41) is 0. The topological polar surface area (TPSA) is 89.5 Å². The molecule has 0 amide bonds. The van der Waals surface area contributed by atoms with E-state index in [4.69, 9.17) is 28.0 Å². The molecule has 10 heteroatoms. The van der Waals surface area contributed by atoms with E-state index in [0.29, 0.717) is 0 Å². The Labute approximate surface area is 151 Å². The predicted molar refractivity (Wildman–Crippen MR) is 97.4 cm³/mol. The quantitative estimate of drug-likeness (QED) is 0.278. The van der Waals surface area contributed by atoms with Gasteiger partial charge >= 0.3 is 0 Å². The largest absolute Gasteiger partial charge is 0.345 e. The summed E-state index contributed by atoms with van der Waals surface area (Å²) >= 11 is 0. The maximum Gasteiger partial charge on any atom is 0.267 e. The average Bonchev–Trinajstić information content (AvgIpc) is 2.54. The van der Waals surface area contributed by atoms with Crippen LogP contribution in [0.15, 0.2) is 0 Å². The molecule has 25 heavy (non-hydrogen) atoms. The monoisotopic (exact) mass is 404 g/mol. The fourth-order valence-corrected chi connectivity index (χ4v) is 8.71. The molecule has 0 radical (unpaired) electrons. The zero-order chi connectivity index (χ0) is 19.3. The minimum Gasteiger partial charge on any atom is -0.345 e. The van der Waals surface area contributed by atoms with Gasteiger partial charge in [0.05, 0.1) is 13.2 Å². The Balaban J connectivity index is 5.74. The molecule has 0 aromatic carbocycles. The van der Waals surface area contributed by atoms with Gasteiger partial charge < -0.3 is 28.0 Å². The van der Waals surface area contributed by atoms with Crippen LogP contribution in [-0.4, -0.2) is 57.6 Å². The Bertz CT molecular complexity index is 382. The highest BCUT2D eigenvalue weighted by atomic mass is 31.2. The third-order valence-corrected chi connectivity index (χ3v) is 9.39. The van der Waals surface area contributed by atoms with Crippen molar-refractivity contribution in [2.45, 2.75) is 53.6 Å². The van der Waals surface area contributed by atoms with Crippen molar-refractivity contribution in [2.75, 3.05) is 45.5 Å². The van der Waals surface area contributed by atoms with Gasteiger partial charge in [0.1, 0.15) is 5.90 Å². The van der Waals surface area contributed by atoms with Crippen LogP contribution in [0, 0.1) is 0 Å². The maximum absolute atomic E-state index is 13.5. The molecule has 0 bridgehead atoms. The van der Waals surface area contributed by atoms with Crippen LogP contribution in [0.1, 0.15) is 41.5 Å². The van der Waals surface area contributed by atoms with E-state index in [-0.39, 0.29) is 45.5 Å². The van der Waals surface area contributed by atoms with Crippen molar-refractivity contribution in [1.29, 1.82) is 0 Å². The van der Waals surface area contributed by atoms with E-state index in [0.717, 1.165) is 0 Å². The van der Waals surface area contributed by atoms with E-state index in [9.17, 15) is 9.13 Å². The molecule has 0 saturated carbocycles. The van der Waals surface area contributed by atoms with Crippen molar-refractivity contribution < 1.29 is 37.1 Å². The molecule has 2 atom stereocenters. The number of hydrogen-bond donors (Lipinski definition) is 0. The zero-order valence-electron chi connectivity index (χ0n) is 16.3. The van der Waals surface area contributed by atoms with E-state index in [2.05, 4.69) is 0 Å². The van der Waals surface area contributed by atoms with E-state index in [1.165, 1.54) is 0 Å². The first-order chi connectivity index (χ1) is 11.9. The van der Waals surface area contributed by atoms with Crippen LogP contribution in [0.4, 0.5) is 0 Å². The maximum atomic E-state index is 13.5. The molecule has 0 unspecified atom stereocenters. The Kier molecular flexibility index (Phi) is 13.5. The molecule has 0 aliphatic carbocycles. The van der Waals surface area contributed by atoms with Gasteiger partial charge in [-0.1, -0.05) is 0 Å². The summed E-state index contributed by atoms with van der Waals surface area (Å²) in [5.74, 6) is -0.378. The van der Waals surface area contributed by atoms with Gasteiger partial charge in [0, 0.05) is 26.4 Å². The molecule has 0 spiro atoms. The Morgan fingerprint density at radius 1 is 0.560 bits per heavy atom. The van der Waals surface area contributed by atoms with Gasteiger partial charge in [0.25, 0.3) is 14.7 Å². The lowest BCUT2D eigenvalue weighted by Crippen LogP contribution is -2.26. The molecule has 152 valence electrons. The van der Waals surface area contributed by atoms with Crippen LogP contribution >= 0.6 is 14.7 Å². The van der Waals surface area contributed by atoms with E-state index >= 15 is 0 Å². The Hall–Kier alpha value is 0.220. The lowest BCUT2D eigenvalue weighted by Gasteiger charge is -2.32. The van der Waals surface area contributed by atoms with E-state index in [1.807, 2.05) is 0 Å². The number of ether oxygens (including phenoxy) is 4. The van der Waals surface area contributed by atoms with Crippen LogP contribution in [0.2, 0.25) is 0 Å². The van der Waals surface area contributed by atoms with Gasteiger partial charge in [-0.25, -0.2) is 0 Å². The molecule has 0 N–H and O–H groups in total. The smallest absolute Gasteiger partial charge is 0.267 e. The van der Waals surface area contributed by atoms with Crippen LogP contribution in [0.25, 0.3) is 0 Å². The summed E-state index contributed by atoms with van der Waals surface area (Å²) < 4.78 is 59.7. The summed E-state index contributed by atoms with van der Waals surface area (Å²) in [7, 11) is -7.22. The molecule has 0 aliphatic rings.